The molecule has 6 heteroatoms. The first-order valence-corrected chi connectivity index (χ1v) is 8.42. The molecule has 2 aliphatic rings. The first-order valence-electron chi connectivity index (χ1n) is 8.42. The Morgan fingerprint density at radius 3 is 2.60 bits per heavy atom. The standard InChI is InChI=1S/C19H19N3O3/c23-18-12-25-17-8-3-13(11-16(17)21-18)19(24)20-14-4-6-15(7-5-14)22-9-1-2-10-22/h3-8,11H,1-2,9-10,12H2,(H,20,24)(H,21,23). The van der Waals surface area contributed by atoms with Crippen LogP contribution < -0.4 is 20.3 Å². The minimum absolute atomic E-state index is 0.00189. The first kappa shape index (κ1) is 15.5. The number of hydrogen-bond donors (Lipinski definition) is 2. The molecule has 2 amide bonds. The van der Waals surface area contributed by atoms with Crippen LogP contribution in [0, 0.1) is 0 Å². The molecule has 0 unspecified atom stereocenters. The average molecular weight is 337 g/mol. The van der Waals surface area contributed by atoms with Crippen molar-refractivity contribution >= 4 is 28.9 Å². The summed E-state index contributed by atoms with van der Waals surface area (Å²) in [6, 6.07) is 12.9. The van der Waals surface area contributed by atoms with Crippen LogP contribution in [0.4, 0.5) is 17.1 Å². The van der Waals surface area contributed by atoms with E-state index in [9.17, 15) is 9.59 Å². The molecular weight excluding hydrogens is 318 g/mol. The summed E-state index contributed by atoms with van der Waals surface area (Å²) < 4.78 is 5.30. The summed E-state index contributed by atoms with van der Waals surface area (Å²) >= 11 is 0. The van der Waals surface area contributed by atoms with E-state index in [-0.39, 0.29) is 18.4 Å². The Labute approximate surface area is 145 Å². The number of rotatable bonds is 3. The van der Waals surface area contributed by atoms with Crippen molar-refractivity contribution < 1.29 is 14.3 Å². The second-order valence-corrected chi connectivity index (χ2v) is 6.24. The molecule has 2 heterocycles. The number of anilines is 3. The van der Waals surface area contributed by atoms with Gasteiger partial charge < -0.3 is 20.3 Å². The molecule has 0 radical (unpaired) electrons. The SMILES string of the molecule is O=C1COc2ccc(C(=O)Nc3ccc(N4CCCC4)cc3)cc2N1. The molecule has 0 saturated carbocycles. The number of fused-ring (bicyclic) bond motifs is 1. The van der Waals surface area contributed by atoms with E-state index in [0.717, 1.165) is 18.8 Å². The molecule has 0 bridgehead atoms. The number of ether oxygens (including phenoxy) is 1. The highest BCUT2D eigenvalue weighted by molar-refractivity contribution is 6.06. The third-order valence-corrected chi connectivity index (χ3v) is 4.47. The maximum absolute atomic E-state index is 12.4. The highest BCUT2D eigenvalue weighted by atomic mass is 16.5. The number of nitrogens with zero attached hydrogens (tertiary/aromatic N) is 1. The molecule has 0 atom stereocenters. The smallest absolute Gasteiger partial charge is 0.262 e. The molecule has 0 aromatic heterocycles. The predicted octanol–water partition coefficient (Wildman–Crippen LogP) is 2.87. The van der Waals surface area contributed by atoms with Crippen LogP contribution in [0.15, 0.2) is 42.5 Å². The summed E-state index contributed by atoms with van der Waals surface area (Å²) in [5.74, 6) is 0.130. The van der Waals surface area contributed by atoms with Gasteiger partial charge in [-0.1, -0.05) is 0 Å². The Balaban J connectivity index is 1.46. The second kappa shape index (κ2) is 6.47. The van der Waals surface area contributed by atoms with Crippen molar-refractivity contribution in [3.05, 3.63) is 48.0 Å². The van der Waals surface area contributed by atoms with Gasteiger partial charge in [-0.25, -0.2) is 0 Å². The van der Waals surface area contributed by atoms with E-state index in [4.69, 9.17) is 4.74 Å². The molecule has 0 aliphatic carbocycles. The number of nitrogens with one attached hydrogen (secondary N) is 2. The molecule has 2 aromatic rings. The Morgan fingerprint density at radius 2 is 1.84 bits per heavy atom. The quantitative estimate of drug-likeness (QED) is 0.903. The maximum Gasteiger partial charge on any atom is 0.262 e. The van der Waals surface area contributed by atoms with Crippen LogP contribution in [-0.2, 0) is 4.79 Å². The molecule has 128 valence electrons. The van der Waals surface area contributed by atoms with Crippen molar-refractivity contribution in [3.63, 3.8) is 0 Å². The van der Waals surface area contributed by atoms with E-state index >= 15 is 0 Å². The minimum Gasteiger partial charge on any atom is -0.482 e. The number of carbonyl (C=O) groups excluding carboxylic acids is 2. The number of amides is 2. The van der Waals surface area contributed by atoms with E-state index < -0.39 is 0 Å². The van der Waals surface area contributed by atoms with E-state index in [1.807, 2.05) is 24.3 Å². The van der Waals surface area contributed by atoms with Gasteiger partial charge in [0.2, 0.25) is 0 Å². The number of hydrogen-bond acceptors (Lipinski definition) is 4. The van der Waals surface area contributed by atoms with Gasteiger partial charge in [-0.2, -0.15) is 0 Å². The monoisotopic (exact) mass is 337 g/mol. The maximum atomic E-state index is 12.4. The lowest BCUT2D eigenvalue weighted by Crippen LogP contribution is -2.25. The molecule has 6 nitrogen and oxygen atoms in total. The van der Waals surface area contributed by atoms with Crippen LogP contribution in [0.25, 0.3) is 0 Å². The largest absolute Gasteiger partial charge is 0.482 e. The zero-order valence-electron chi connectivity index (χ0n) is 13.7. The summed E-state index contributed by atoms with van der Waals surface area (Å²) in [6.07, 6.45) is 2.47. The molecule has 2 aliphatic heterocycles. The van der Waals surface area contributed by atoms with Gasteiger partial charge in [0.25, 0.3) is 11.8 Å². The summed E-state index contributed by atoms with van der Waals surface area (Å²) in [5, 5.41) is 5.59. The molecule has 4 rings (SSSR count). The topological polar surface area (TPSA) is 70.7 Å². The van der Waals surface area contributed by atoms with Gasteiger partial charge in [0, 0.05) is 30.0 Å². The van der Waals surface area contributed by atoms with Crippen LogP contribution in [0.1, 0.15) is 23.2 Å². The summed E-state index contributed by atoms with van der Waals surface area (Å²) in [4.78, 5) is 26.2. The third kappa shape index (κ3) is 3.28. The van der Waals surface area contributed by atoms with Crippen LogP contribution in [-0.4, -0.2) is 31.5 Å². The number of benzene rings is 2. The highest BCUT2D eigenvalue weighted by Crippen LogP contribution is 2.29. The fourth-order valence-corrected chi connectivity index (χ4v) is 3.16. The Morgan fingerprint density at radius 1 is 1.08 bits per heavy atom. The lowest BCUT2D eigenvalue weighted by atomic mass is 10.1. The predicted molar refractivity (Wildman–Crippen MR) is 96.4 cm³/mol. The van der Waals surface area contributed by atoms with Crippen LogP contribution in [0.5, 0.6) is 5.75 Å². The summed E-state index contributed by atoms with van der Waals surface area (Å²) in [7, 11) is 0. The van der Waals surface area contributed by atoms with Gasteiger partial charge in [-0.05, 0) is 55.3 Å². The molecule has 2 aromatic carbocycles. The van der Waals surface area contributed by atoms with Crippen LogP contribution in [0.2, 0.25) is 0 Å². The van der Waals surface area contributed by atoms with E-state index in [0.29, 0.717) is 17.0 Å². The van der Waals surface area contributed by atoms with Crippen molar-refractivity contribution in [1.29, 1.82) is 0 Å². The summed E-state index contributed by atoms with van der Waals surface area (Å²) in [5.41, 5.74) is 2.91. The zero-order valence-corrected chi connectivity index (χ0v) is 13.7. The van der Waals surface area contributed by atoms with Gasteiger partial charge in [0.15, 0.2) is 6.61 Å². The fourth-order valence-electron chi connectivity index (χ4n) is 3.16. The van der Waals surface area contributed by atoms with Crippen molar-refractivity contribution in [2.75, 3.05) is 35.2 Å². The molecule has 1 fully saturated rings. The Kier molecular flexibility index (Phi) is 4.01. The molecule has 0 spiro atoms. The molecule has 1 saturated heterocycles. The first-order chi connectivity index (χ1) is 12.2. The van der Waals surface area contributed by atoms with Crippen molar-refractivity contribution in [2.45, 2.75) is 12.8 Å². The summed E-state index contributed by atoms with van der Waals surface area (Å²) in [6.45, 7) is 2.19. The molecule has 25 heavy (non-hydrogen) atoms. The van der Waals surface area contributed by atoms with E-state index in [1.165, 1.54) is 18.5 Å². The zero-order chi connectivity index (χ0) is 17.2. The molecular formula is C19H19N3O3. The Hall–Kier alpha value is -3.02. The third-order valence-electron chi connectivity index (χ3n) is 4.47. The van der Waals surface area contributed by atoms with Gasteiger partial charge in [-0.15, -0.1) is 0 Å². The van der Waals surface area contributed by atoms with Gasteiger partial charge >= 0.3 is 0 Å². The van der Waals surface area contributed by atoms with E-state index in [1.54, 1.807) is 18.2 Å². The van der Waals surface area contributed by atoms with Gasteiger partial charge in [-0.3, -0.25) is 9.59 Å². The van der Waals surface area contributed by atoms with E-state index in [2.05, 4.69) is 15.5 Å². The van der Waals surface area contributed by atoms with Crippen molar-refractivity contribution in [1.82, 2.24) is 0 Å². The normalized spacial score (nSPS) is 16.0. The van der Waals surface area contributed by atoms with Crippen LogP contribution >= 0.6 is 0 Å². The minimum atomic E-state index is -0.225. The van der Waals surface area contributed by atoms with Crippen molar-refractivity contribution in [2.24, 2.45) is 0 Å². The Bertz CT molecular complexity index is 811. The lowest BCUT2D eigenvalue weighted by molar-refractivity contribution is -0.118. The average Bonchev–Trinajstić information content (AvgIpc) is 3.16. The number of carbonyl (C=O) groups is 2. The molecule has 2 N–H and O–H groups in total. The van der Waals surface area contributed by atoms with Gasteiger partial charge in [0.1, 0.15) is 5.75 Å². The highest BCUT2D eigenvalue weighted by Gasteiger charge is 2.18. The van der Waals surface area contributed by atoms with Crippen molar-refractivity contribution in [3.8, 4) is 5.75 Å². The fraction of sp³-hybridized carbons (Fsp3) is 0.263. The second-order valence-electron chi connectivity index (χ2n) is 6.24. The lowest BCUT2D eigenvalue weighted by Gasteiger charge is -2.19. The van der Waals surface area contributed by atoms with Gasteiger partial charge in [0.05, 0.1) is 5.69 Å². The van der Waals surface area contributed by atoms with Crippen LogP contribution in [0.3, 0.4) is 0 Å².